The van der Waals surface area contributed by atoms with Gasteiger partial charge in [-0.15, -0.1) is 0 Å². The summed E-state index contributed by atoms with van der Waals surface area (Å²) in [6, 6.07) is 1.99. The molecule has 1 fully saturated rings. The number of carbonyl (C=O) groups is 1. The van der Waals surface area contributed by atoms with Crippen molar-refractivity contribution in [2.45, 2.75) is 19.8 Å². The third-order valence-corrected chi connectivity index (χ3v) is 3.54. The molecule has 21 heavy (non-hydrogen) atoms. The van der Waals surface area contributed by atoms with Gasteiger partial charge in [0.2, 0.25) is 5.82 Å². The number of benzene rings is 1. The summed E-state index contributed by atoms with van der Waals surface area (Å²) in [6.07, 6.45) is 1.93. The van der Waals surface area contributed by atoms with Gasteiger partial charge >= 0.3 is 5.69 Å². The standard InChI is InChI=1S/C14H17FN2O4/c1-9-5-12(15)13(17(19)20)6-11(9)14(18)16-7-10-3-2-4-21-8-10/h5-6,10H,2-4,7-8H2,1H3,(H,16,18)/t10-/m1/s1. The number of nitro groups is 1. The molecule has 7 heteroatoms. The molecule has 0 aliphatic carbocycles. The van der Waals surface area contributed by atoms with E-state index in [9.17, 15) is 19.3 Å². The Labute approximate surface area is 121 Å². The van der Waals surface area contributed by atoms with Gasteiger partial charge in [0.25, 0.3) is 5.91 Å². The molecule has 1 aromatic carbocycles. The highest BCUT2D eigenvalue weighted by Gasteiger charge is 2.21. The van der Waals surface area contributed by atoms with Gasteiger partial charge in [-0.1, -0.05) is 0 Å². The second-order valence-corrected chi connectivity index (χ2v) is 5.17. The molecular formula is C14H17FN2O4. The minimum atomic E-state index is -0.935. The van der Waals surface area contributed by atoms with Crippen molar-refractivity contribution in [2.75, 3.05) is 19.8 Å². The zero-order chi connectivity index (χ0) is 15.4. The molecule has 0 aromatic heterocycles. The van der Waals surface area contributed by atoms with Crippen molar-refractivity contribution < 1.29 is 18.8 Å². The normalized spacial score (nSPS) is 18.3. The quantitative estimate of drug-likeness (QED) is 0.682. The van der Waals surface area contributed by atoms with E-state index >= 15 is 0 Å². The second kappa shape index (κ2) is 6.62. The van der Waals surface area contributed by atoms with Crippen molar-refractivity contribution in [3.05, 3.63) is 39.2 Å². The first-order valence-electron chi connectivity index (χ1n) is 6.79. The first kappa shape index (κ1) is 15.4. The van der Waals surface area contributed by atoms with Crippen LogP contribution < -0.4 is 5.32 Å². The number of nitrogens with zero attached hydrogens (tertiary/aromatic N) is 1. The summed E-state index contributed by atoms with van der Waals surface area (Å²) >= 11 is 0. The number of ether oxygens (including phenoxy) is 1. The number of nitro benzene ring substituents is 1. The van der Waals surface area contributed by atoms with E-state index in [2.05, 4.69) is 5.32 Å². The van der Waals surface area contributed by atoms with E-state index < -0.39 is 22.3 Å². The zero-order valence-corrected chi connectivity index (χ0v) is 11.7. The Hall–Kier alpha value is -2.02. The van der Waals surface area contributed by atoms with Gasteiger partial charge in [0.1, 0.15) is 0 Å². The van der Waals surface area contributed by atoms with Crippen molar-refractivity contribution in [1.29, 1.82) is 0 Å². The Balaban J connectivity index is 2.07. The fourth-order valence-electron chi connectivity index (χ4n) is 2.35. The number of carbonyl (C=O) groups excluding carboxylic acids is 1. The summed E-state index contributed by atoms with van der Waals surface area (Å²) in [5.41, 5.74) is -0.193. The maximum absolute atomic E-state index is 13.4. The average molecular weight is 296 g/mol. The predicted octanol–water partition coefficient (Wildman–Crippen LogP) is 2.20. The van der Waals surface area contributed by atoms with E-state index in [-0.39, 0.29) is 11.5 Å². The number of halogens is 1. The molecule has 1 N–H and O–H groups in total. The zero-order valence-electron chi connectivity index (χ0n) is 11.7. The van der Waals surface area contributed by atoms with Gasteiger partial charge in [-0.05, 0) is 37.3 Å². The SMILES string of the molecule is Cc1cc(F)c([N+](=O)[O-])cc1C(=O)NC[C@H]1CCCOC1. The highest BCUT2D eigenvalue weighted by molar-refractivity contribution is 5.96. The lowest BCUT2D eigenvalue weighted by Crippen LogP contribution is -2.33. The van der Waals surface area contributed by atoms with E-state index in [4.69, 9.17) is 4.74 Å². The number of amides is 1. The van der Waals surface area contributed by atoms with Crippen molar-refractivity contribution in [1.82, 2.24) is 5.32 Å². The topological polar surface area (TPSA) is 81.5 Å². The van der Waals surface area contributed by atoms with E-state index in [1.165, 1.54) is 0 Å². The van der Waals surface area contributed by atoms with E-state index in [0.717, 1.165) is 31.6 Å². The van der Waals surface area contributed by atoms with Crippen LogP contribution in [0.3, 0.4) is 0 Å². The Bertz CT molecular complexity index is 556. The van der Waals surface area contributed by atoms with Gasteiger partial charge in [0.15, 0.2) is 0 Å². The summed E-state index contributed by atoms with van der Waals surface area (Å²) in [6.45, 7) is 3.34. The summed E-state index contributed by atoms with van der Waals surface area (Å²) in [7, 11) is 0. The molecule has 1 heterocycles. The average Bonchev–Trinajstić information content (AvgIpc) is 2.45. The number of hydrogen-bond acceptors (Lipinski definition) is 4. The highest BCUT2D eigenvalue weighted by atomic mass is 19.1. The molecule has 0 spiro atoms. The minimum Gasteiger partial charge on any atom is -0.381 e. The molecule has 1 atom stereocenters. The molecule has 1 saturated heterocycles. The van der Waals surface area contributed by atoms with Gasteiger partial charge in [0, 0.05) is 24.8 Å². The molecule has 6 nitrogen and oxygen atoms in total. The van der Waals surface area contributed by atoms with E-state index in [1.807, 2.05) is 0 Å². The first-order valence-corrected chi connectivity index (χ1v) is 6.79. The third kappa shape index (κ3) is 3.75. The molecule has 1 aliphatic heterocycles. The van der Waals surface area contributed by atoms with Crippen LogP contribution >= 0.6 is 0 Å². The Morgan fingerprint density at radius 3 is 2.95 bits per heavy atom. The van der Waals surface area contributed by atoms with Crippen molar-refractivity contribution >= 4 is 11.6 Å². The molecule has 1 aromatic rings. The van der Waals surface area contributed by atoms with Crippen LogP contribution in [0.5, 0.6) is 0 Å². The van der Waals surface area contributed by atoms with E-state index in [1.54, 1.807) is 6.92 Å². The first-order chi connectivity index (χ1) is 9.99. The number of aryl methyl sites for hydroxylation is 1. The Morgan fingerprint density at radius 1 is 1.57 bits per heavy atom. The molecule has 114 valence electrons. The van der Waals surface area contributed by atoms with E-state index in [0.29, 0.717) is 18.7 Å². The van der Waals surface area contributed by atoms with Crippen LogP contribution in [0.1, 0.15) is 28.8 Å². The van der Waals surface area contributed by atoms with Crippen LogP contribution in [-0.2, 0) is 4.74 Å². The molecule has 1 aliphatic rings. The highest BCUT2D eigenvalue weighted by Crippen LogP contribution is 2.22. The smallest absolute Gasteiger partial charge is 0.305 e. The predicted molar refractivity (Wildman–Crippen MR) is 73.7 cm³/mol. The lowest BCUT2D eigenvalue weighted by atomic mass is 10.0. The molecule has 0 saturated carbocycles. The van der Waals surface area contributed by atoms with Crippen LogP contribution in [0.4, 0.5) is 10.1 Å². The summed E-state index contributed by atoms with van der Waals surface area (Å²) in [5, 5.41) is 13.5. The lowest BCUT2D eigenvalue weighted by Gasteiger charge is -2.22. The molecule has 1 amide bonds. The molecular weight excluding hydrogens is 279 g/mol. The van der Waals surface area contributed by atoms with Gasteiger partial charge in [0.05, 0.1) is 11.5 Å². The van der Waals surface area contributed by atoms with Gasteiger partial charge in [-0.3, -0.25) is 14.9 Å². The van der Waals surface area contributed by atoms with Crippen LogP contribution in [0, 0.1) is 28.8 Å². The van der Waals surface area contributed by atoms with Crippen LogP contribution in [-0.4, -0.2) is 30.6 Å². The van der Waals surface area contributed by atoms with Crippen LogP contribution in [0.2, 0.25) is 0 Å². The monoisotopic (exact) mass is 296 g/mol. The molecule has 0 unspecified atom stereocenters. The maximum atomic E-state index is 13.4. The number of hydrogen-bond donors (Lipinski definition) is 1. The number of nitrogens with one attached hydrogen (secondary N) is 1. The summed E-state index contributed by atoms with van der Waals surface area (Å²) < 4.78 is 18.8. The minimum absolute atomic E-state index is 0.125. The van der Waals surface area contributed by atoms with Crippen LogP contribution in [0.15, 0.2) is 12.1 Å². The van der Waals surface area contributed by atoms with Crippen LogP contribution in [0.25, 0.3) is 0 Å². The fourth-order valence-corrected chi connectivity index (χ4v) is 2.35. The Morgan fingerprint density at radius 2 is 2.33 bits per heavy atom. The largest absolute Gasteiger partial charge is 0.381 e. The lowest BCUT2D eigenvalue weighted by molar-refractivity contribution is -0.387. The maximum Gasteiger partial charge on any atom is 0.305 e. The number of rotatable bonds is 4. The van der Waals surface area contributed by atoms with Crippen molar-refractivity contribution in [3.8, 4) is 0 Å². The molecule has 0 bridgehead atoms. The second-order valence-electron chi connectivity index (χ2n) is 5.17. The van der Waals surface area contributed by atoms with Crippen molar-refractivity contribution in [2.24, 2.45) is 5.92 Å². The summed E-state index contributed by atoms with van der Waals surface area (Å²) in [4.78, 5) is 22.0. The summed E-state index contributed by atoms with van der Waals surface area (Å²) in [5.74, 6) is -1.12. The molecule has 0 radical (unpaired) electrons. The van der Waals surface area contributed by atoms with Gasteiger partial charge in [-0.25, -0.2) is 0 Å². The third-order valence-electron chi connectivity index (χ3n) is 3.54. The van der Waals surface area contributed by atoms with Crippen molar-refractivity contribution in [3.63, 3.8) is 0 Å². The van der Waals surface area contributed by atoms with Gasteiger partial charge in [-0.2, -0.15) is 4.39 Å². The fraction of sp³-hybridized carbons (Fsp3) is 0.500. The Kier molecular flexibility index (Phi) is 4.85. The molecule has 2 rings (SSSR count). The van der Waals surface area contributed by atoms with Gasteiger partial charge < -0.3 is 10.1 Å².